The van der Waals surface area contributed by atoms with Gasteiger partial charge in [-0.05, 0) is 24.9 Å². The van der Waals surface area contributed by atoms with Gasteiger partial charge in [0.25, 0.3) is 0 Å². The van der Waals surface area contributed by atoms with Crippen LogP contribution in [0.4, 0.5) is 4.39 Å². The zero-order chi connectivity index (χ0) is 14.0. The maximum absolute atomic E-state index is 13.3. The third kappa shape index (κ3) is 2.56. The quantitative estimate of drug-likeness (QED) is 0.906. The van der Waals surface area contributed by atoms with Gasteiger partial charge in [0.1, 0.15) is 11.6 Å². The summed E-state index contributed by atoms with van der Waals surface area (Å²) in [6.45, 7) is 2.72. The minimum atomic E-state index is -0.350. The molecule has 2 unspecified atom stereocenters. The molecule has 1 saturated heterocycles. The third-order valence-electron chi connectivity index (χ3n) is 3.74. The lowest BCUT2D eigenvalue weighted by molar-refractivity contribution is -0.130. The van der Waals surface area contributed by atoms with Crippen molar-refractivity contribution >= 4 is 5.91 Å². The van der Waals surface area contributed by atoms with E-state index in [-0.39, 0.29) is 23.7 Å². The summed E-state index contributed by atoms with van der Waals surface area (Å²) in [5.41, 5.74) is 6.62. The van der Waals surface area contributed by atoms with E-state index in [1.54, 1.807) is 17.9 Å². The van der Waals surface area contributed by atoms with Gasteiger partial charge in [0, 0.05) is 25.1 Å². The molecule has 1 amide bonds. The van der Waals surface area contributed by atoms with E-state index in [1.165, 1.54) is 19.2 Å². The number of methoxy groups -OCH3 is 1. The summed E-state index contributed by atoms with van der Waals surface area (Å²) in [6.07, 6.45) is 0.862. The summed E-state index contributed by atoms with van der Waals surface area (Å²) in [4.78, 5) is 13.5. The van der Waals surface area contributed by atoms with Gasteiger partial charge in [-0.25, -0.2) is 4.39 Å². The molecular formula is C14H19FN2O2. The average Bonchev–Trinajstić information content (AvgIpc) is 2.82. The fraction of sp³-hybridized carbons (Fsp3) is 0.500. The normalized spacial score (nSPS) is 22.6. The van der Waals surface area contributed by atoms with Crippen LogP contribution in [-0.4, -0.2) is 31.0 Å². The van der Waals surface area contributed by atoms with Crippen molar-refractivity contribution in [2.45, 2.75) is 19.4 Å². The van der Waals surface area contributed by atoms with Gasteiger partial charge in [-0.1, -0.05) is 6.07 Å². The Balaban J connectivity index is 2.43. The van der Waals surface area contributed by atoms with Crippen molar-refractivity contribution in [3.8, 4) is 5.75 Å². The molecule has 0 saturated carbocycles. The van der Waals surface area contributed by atoms with E-state index in [2.05, 4.69) is 0 Å². The van der Waals surface area contributed by atoms with Crippen molar-refractivity contribution in [1.29, 1.82) is 0 Å². The highest BCUT2D eigenvalue weighted by molar-refractivity contribution is 5.74. The molecule has 1 fully saturated rings. The minimum Gasteiger partial charge on any atom is -0.496 e. The molecule has 1 aromatic rings. The van der Waals surface area contributed by atoms with Crippen molar-refractivity contribution in [1.82, 2.24) is 4.90 Å². The monoisotopic (exact) mass is 266 g/mol. The molecule has 1 heterocycles. The second-order valence-electron chi connectivity index (χ2n) is 4.83. The van der Waals surface area contributed by atoms with Crippen LogP contribution in [-0.2, 0) is 4.79 Å². The molecule has 19 heavy (non-hydrogen) atoms. The van der Waals surface area contributed by atoms with E-state index >= 15 is 0 Å². The van der Waals surface area contributed by atoms with Crippen LogP contribution in [0.15, 0.2) is 18.2 Å². The largest absolute Gasteiger partial charge is 0.496 e. The molecule has 0 radical (unpaired) electrons. The Morgan fingerprint density at radius 3 is 2.89 bits per heavy atom. The number of carbonyl (C=O) groups is 1. The van der Waals surface area contributed by atoms with Crippen molar-refractivity contribution in [3.05, 3.63) is 29.6 Å². The Bertz CT molecular complexity index is 479. The van der Waals surface area contributed by atoms with Gasteiger partial charge >= 0.3 is 0 Å². The van der Waals surface area contributed by atoms with Crippen LogP contribution in [0.2, 0.25) is 0 Å². The van der Waals surface area contributed by atoms with E-state index in [1.807, 2.05) is 0 Å². The van der Waals surface area contributed by atoms with E-state index < -0.39 is 0 Å². The molecule has 0 spiro atoms. The number of rotatable bonds is 3. The Morgan fingerprint density at radius 2 is 2.32 bits per heavy atom. The van der Waals surface area contributed by atoms with E-state index in [0.717, 1.165) is 12.0 Å². The standard InChI is InChI=1S/C14H19FN2O2/c1-9(18)17-6-5-10(8-16)14(17)12-4-3-11(15)7-13(12)19-2/h3-4,7,10,14H,5-6,8,16H2,1-2H3. The van der Waals surface area contributed by atoms with E-state index in [9.17, 15) is 9.18 Å². The Hall–Kier alpha value is -1.62. The molecule has 0 aliphatic carbocycles. The lowest BCUT2D eigenvalue weighted by Gasteiger charge is -2.28. The summed E-state index contributed by atoms with van der Waals surface area (Å²) in [5.74, 6) is 0.310. The van der Waals surface area contributed by atoms with Gasteiger partial charge in [0.15, 0.2) is 0 Å². The molecular weight excluding hydrogens is 247 g/mol. The number of nitrogens with two attached hydrogens (primary N) is 1. The van der Waals surface area contributed by atoms with Crippen molar-refractivity contribution < 1.29 is 13.9 Å². The maximum atomic E-state index is 13.3. The van der Waals surface area contributed by atoms with Crippen molar-refractivity contribution in [2.75, 3.05) is 20.2 Å². The first-order valence-electron chi connectivity index (χ1n) is 6.39. The number of benzene rings is 1. The summed E-state index contributed by atoms with van der Waals surface area (Å²) < 4.78 is 18.5. The summed E-state index contributed by atoms with van der Waals surface area (Å²) in [7, 11) is 1.50. The molecule has 1 aliphatic rings. The van der Waals surface area contributed by atoms with E-state index in [4.69, 9.17) is 10.5 Å². The Labute approximate surface area is 112 Å². The number of hydrogen-bond donors (Lipinski definition) is 1. The number of hydrogen-bond acceptors (Lipinski definition) is 3. The van der Waals surface area contributed by atoms with Gasteiger partial charge < -0.3 is 15.4 Å². The predicted octanol–water partition coefficient (Wildman–Crippen LogP) is 1.70. The molecule has 104 valence electrons. The number of nitrogens with zero attached hydrogens (tertiary/aromatic N) is 1. The van der Waals surface area contributed by atoms with Gasteiger partial charge in [0.05, 0.1) is 13.2 Å². The van der Waals surface area contributed by atoms with Gasteiger partial charge in [-0.15, -0.1) is 0 Å². The molecule has 5 heteroatoms. The number of halogens is 1. The van der Waals surface area contributed by atoms with Crippen LogP contribution in [0.25, 0.3) is 0 Å². The molecule has 4 nitrogen and oxygen atoms in total. The number of carbonyl (C=O) groups excluding carboxylic acids is 1. The third-order valence-corrected chi connectivity index (χ3v) is 3.74. The molecule has 0 bridgehead atoms. The molecule has 0 aromatic heterocycles. The number of likely N-dealkylation sites (tertiary alicyclic amines) is 1. The fourth-order valence-electron chi connectivity index (χ4n) is 2.81. The second-order valence-corrected chi connectivity index (χ2v) is 4.83. The van der Waals surface area contributed by atoms with Crippen molar-refractivity contribution in [2.24, 2.45) is 11.7 Å². The fourth-order valence-corrected chi connectivity index (χ4v) is 2.81. The number of ether oxygens (including phenoxy) is 1. The highest BCUT2D eigenvalue weighted by Crippen LogP contribution is 2.40. The number of amides is 1. The molecule has 2 atom stereocenters. The lowest BCUT2D eigenvalue weighted by Crippen LogP contribution is -2.32. The maximum Gasteiger partial charge on any atom is 0.219 e. The smallest absolute Gasteiger partial charge is 0.219 e. The second kappa shape index (κ2) is 5.57. The Kier molecular flexibility index (Phi) is 4.04. The van der Waals surface area contributed by atoms with Crippen LogP contribution < -0.4 is 10.5 Å². The highest BCUT2D eigenvalue weighted by atomic mass is 19.1. The molecule has 2 N–H and O–H groups in total. The first-order chi connectivity index (χ1) is 9.08. The van der Waals surface area contributed by atoms with Crippen LogP contribution in [0.5, 0.6) is 5.75 Å². The summed E-state index contributed by atoms with van der Waals surface area (Å²) in [5, 5.41) is 0. The first-order valence-corrected chi connectivity index (χ1v) is 6.39. The van der Waals surface area contributed by atoms with Gasteiger partial charge in [-0.3, -0.25) is 4.79 Å². The summed E-state index contributed by atoms with van der Waals surface area (Å²) in [6, 6.07) is 4.29. The minimum absolute atomic E-state index is 0.00679. The molecule has 1 aromatic carbocycles. The highest BCUT2D eigenvalue weighted by Gasteiger charge is 2.37. The zero-order valence-corrected chi connectivity index (χ0v) is 11.2. The summed E-state index contributed by atoms with van der Waals surface area (Å²) >= 11 is 0. The molecule has 2 rings (SSSR count). The lowest BCUT2D eigenvalue weighted by atomic mass is 9.93. The van der Waals surface area contributed by atoms with Gasteiger partial charge in [0.2, 0.25) is 5.91 Å². The van der Waals surface area contributed by atoms with Crippen LogP contribution in [0.1, 0.15) is 24.9 Å². The topological polar surface area (TPSA) is 55.6 Å². The predicted molar refractivity (Wildman–Crippen MR) is 70.2 cm³/mol. The van der Waals surface area contributed by atoms with Crippen LogP contribution in [0.3, 0.4) is 0 Å². The molecule has 1 aliphatic heterocycles. The van der Waals surface area contributed by atoms with Crippen molar-refractivity contribution in [3.63, 3.8) is 0 Å². The van der Waals surface area contributed by atoms with Gasteiger partial charge in [-0.2, -0.15) is 0 Å². The van der Waals surface area contributed by atoms with E-state index in [0.29, 0.717) is 18.8 Å². The SMILES string of the molecule is COc1cc(F)ccc1C1C(CN)CCN1C(C)=O. The van der Waals surface area contributed by atoms with Crippen LogP contribution in [0, 0.1) is 11.7 Å². The Morgan fingerprint density at radius 1 is 1.58 bits per heavy atom. The van der Waals surface area contributed by atoms with Crippen LogP contribution >= 0.6 is 0 Å². The zero-order valence-electron chi connectivity index (χ0n) is 11.2. The first kappa shape index (κ1) is 13.8. The average molecular weight is 266 g/mol.